The van der Waals surface area contributed by atoms with E-state index in [4.69, 9.17) is 6.42 Å². The van der Waals surface area contributed by atoms with Gasteiger partial charge in [-0.15, -0.1) is 6.42 Å². The summed E-state index contributed by atoms with van der Waals surface area (Å²) in [4.78, 5) is 2.55. The van der Waals surface area contributed by atoms with E-state index in [0.717, 1.165) is 43.3 Å². The van der Waals surface area contributed by atoms with Crippen LogP contribution in [0.15, 0.2) is 60.8 Å². The van der Waals surface area contributed by atoms with Crippen molar-refractivity contribution in [3.8, 4) is 12.3 Å². The monoisotopic (exact) mass is 439 g/mol. The lowest BCUT2D eigenvalue weighted by atomic mass is 9.59. The van der Waals surface area contributed by atoms with Crippen molar-refractivity contribution in [3.05, 3.63) is 83.1 Å². The number of rotatable bonds is 7. The number of likely N-dealkylation sites (tertiary alicyclic amines) is 1. The van der Waals surface area contributed by atoms with Crippen LogP contribution in [0.4, 0.5) is 0 Å². The van der Waals surface area contributed by atoms with Crippen molar-refractivity contribution in [2.75, 3.05) is 13.1 Å². The van der Waals surface area contributed by atoms with Crippen molar-refractivity contribution in [2.45, 2.75) is 77.6 Å². The molecular formula is C32H41N. The van der Waals surface area contributed by atoms with Gasteiger partial charge in [-0.3, -0.25) is 0 Å². The van der Waals surface area contributed by atoms with E-state index in [9.17, 15) is 0 Å². The zero-order chi connectivity index (χ0) is 23.3. The molecule has 0 N–H and O–H groups in total. The number of terminal acetylenes is 1. The Morgan fingerprint density at radius 2 is 1.85 bits per heavy atom. The molecule has 2 fully saturated rings. The minimum absolute atomic E-state index is 0.509. The highest BCUT2D eigenvalue weighted by molar-refractivity contribution is 5.43. The minimum Gasteiger partial charge on any atom is -0.375 e. The van der Waals surface area contributed by atoms with Crippen LogP contribution in [-0.2, 0) is 12.8 Å². The summed E-state index contributed by atoms with van der Waals surface area (Å²) >= 11 is 0. The van der Waals surface area contributed by atoms with Gasteiger partial charge < -0.3 is 4.90 Å². The van der Waals surface area contributed by atoms with Gasteiger partial charge in [-0.1, -0.05) is 81.7 Å². The average Bonchev–Trinajstić information content (AvgIpc) is 2.85. The summed E-state index contributed by atoms with van der Waals surface area (Å²) in [6, 6.07) is 17.9. The highest BCUT2D eigenvalue weighted by atomic mass is 15.1. The number of hydrogen-bond acceptors (Lipinski definition) is 1. The molecule has 4 rings (SSSR count). The third kappa shape index (κ3) is 5.55. The van der Waals surface area contributed by atoms with Gasteiger partial charge in [0.2, 0.25) is 0 Å². The average molecular weight is 440 g/mol. The first-order chi connectivity index (χ1) is 16.1. The molecule has 1 spiro atoms. The van der Waals surface area contributed by atoms with Crippen LogP contribution in [0.3, 0.4) is 0 Å². The number of piperidine rings is 1. The topological polar surface area (TPSA) is 3.24 Å². The van der Waals surface area contributed by atoms with Gasteiger partial charge in [0, 0.05) is 30.8 Å². The number of nitrogens with zero attached hydrogens (tertiary/aromatic N) is 1. The molecule has 0 radical (unpaired) electrons. The molecule has 1 aliphatic carbocycles. The highest BCUT2D eigenvalue weighted by Crippen LogP contribution is 2.53. The number of benzene rings is 2. The molecule has 1 aliphatic heterocycles. The van der Waals surface area contributed by atoms with E-state index >= 15 is 0 Å². The summed E-state index contributed by atoms with van der Waals surface area (Å²) in [5.41, 5.74) is 6.90. The molecule has 1 nitrogen and oxygen atoms in total. The zero-order valence-electron chi connectivity index (χ0n) is 20.8. The summed E-state index contributed by atoms with van der Waals surface area (Å²) in [6.45, 7) is 11.3. The van der Waals surface area contributed by atoms with Gasteiger partial charge in [-0.25, -0.2) is 0 Å². The van der Waals surface area contributed by atoms with Gasteiger partial charge in [-0.05, 0) is 78.5 Å². The molecule has 1 heteroatoms. The van der Waals surface area contributed by atoms with E-state index in [1.54, 1.807) is 5.56 Å². The Labute approximate surface area is 202 Å². The molecule has 174 valence electrons. The summed E-state index contributed by atoms with van der Waals surface area (Å²) in [7, 11) is 0. The van der Waals surface area contributed by atoms with Crippen molar-refractivity contribution in [1.82, 2.24) is 4.90 Å². The van der Waals surface area contributed by atoms with Crippen LogP contribution < -0.4 is 0 Å². The second kappa shape index (κ2) is 10.6. The van der Waals surface area contributed by atoms with Crippen LogP contribution in [-0.4, -0.2) is 18.0 Å². The van der Waals surface area contributed by atoms with Gasteiger partial charge in [0.1, 0.15) is 0 Å². The Bertz CT molecular complexity index is 971. The Morgan fingerprint density at radius 1 is 1.09 bits per heavy atom. The predicted molar refractivity (Wildman–Crippen MR) is 141 cm³/mol. The Morgan fingerprint density at radius 3 is 2.52 bits per heavy atom. The number of allylic oxidation sites excluding steroid dienone is 1. The first-order valence-corrected chi connectivity index (χ1v) is 13.1. The minimum atomic E-state index is 0.509. The smallest absolute Gasteiger partial charge is 0.0277 e. The summed E-state index contributed by atoms with van der Waals surface area (Å²) < 4.78 is 0. The quantitative estimate of drug-likeness (QED) is 0.399. The van der Waals surface area contributed by atoms with Gasteiger partial charge in [0.15, 0.2) is 0 Å². The number of hydrogen-bond donors (Lipinski definition) is 0. The van der Waals surface area contributed by atoms with E-state index in [0.29, 0.717) is 5.41 Å². The second-order valence-corrected chi connectivity index (χ2v) is 10.6. The fourth-order valence-electron chi connectivity index (χ4n) is 6.62. The molecule has 2 aromatic carbocycles. The van der Waals surface area contributed by atoms with Crippen LogP contribution in [0.25, 0.3) is 0 Å². The van der Waals surface area contributed by atoms with Crippen molar-refractivity contribution < 1.29 is 0 Å². The number of aryl methyl sites for hydroxylation is 1. The van der Waals surface area contributed by atoms with Gasteiger partial charge in [-0.2, -0.15) is 0 Å². The highest BCUT2D eigenvalue weighted by Gasteiger charge is 2.42. The van der Waals surface area contributed by atoms with Crippen molar-refractivity contribution in [3.63, 3.8) is 0 Å². The fourth-order valence-corrected chi connectivity index (χ4v) is 6.62. The second-order valence-electron chi connectivity index (χ2n) is 10.6. The van der Waals surface area contributed by atoms with Crippen LogP contribution in [0.2, 0.25) is 0 Å². The Balaban J connectivity index is 1.41. The molecule has 2 aromatic rings. The maximum Gasteiger partial charge on any atom is 0.0277 e. The van der Waals surface area contributed by atoms with Crippen LogP contribution in [0.5, 0.6) is 0 Å². The largest absolute Gasteiger partial charge is 0.375 e. The lowest BCUT2D eigenvalue weighted by Gasteiger charge is -2.50. The fraction of sp³-hybridized carbons (Fsp3) is 0.500. The lowest BCUT2D eigenvalue weighted by Crippen LogP contribution is -2.43. The molecule has 1 heterocycles. The van der Waals surface area contributed by atoms with Crippen LogP contribution in [0.1, 0.15) is 87.0 Å². The van der Waals surface area contributed by atoms with Gasteiger partial charge >= 0.3 is 0 Å². The third-order valence-electron chi connectivity index (χ3n) is 8.38. The third-order valence-corrected chi connectivity index (χ3v) is 8.38. The Kier molecular flexibility index (Phi) is 7.64. The lowest BCUT2D eigenvalue weighted by molar-refractivity contribution is 0.0438. The SMILES string of the molecule is C#Cc1cc(CC(=C)N2CCC3(CC2)CC(CCC)CC(c2ccccc2)C3)ccc1CC. The van der Waals surface area contributed by atoms with Crippen LogP contribution >= 0.6 is 0 Å². The molecular weight excluding hydrogens is 398 g/mol. The summed E-state index contributed by atoms with van der Waals surface area (Å²) in [5.74, 6) is 4.47. The predicted octanol–water partition coefficient (Wildman–Crippen LogP) is 7.75. The molecule has 2 unspecified atom stereocenters. The molecule has 1 saturated heterocycles. The first-order valence-electron chi connectivity index (χ1n) is 13.1. The first kappa shape index (κ1) is 23.7. The normalized spacial score (nSPS) is 22.2. The van der Waals surface area contributed by atoms with E-state index in [1.807, 2.05) is 0 Å². The Hall–Kier alpha value is -2.46. The standard InChI is InChI=1S/C32H41N/c1-5-11-27-22-31(30-12-9-8-10-13-30)24-32(23-27)16-18-33(19-17-32)25(4)20-26-14-15-28(6-2)29(7-3)21-26/h3,8-10,12-15,21,27,31H,4-6,11,16-20,22-24H2,1-2H3. The van der Waals surface area contributed by atoms with Crippen molar-refractivity contribution >= 4 is 0 Å². The molecule has 33 heavy (non-hydrogen) atoms. The van der Waals surface area contributed by atoms with Crippen LogP contribution in [0, 0.1) is 23.7 Å². The molecule has 0 aromatic heterocycles. The van der Waals surface area contributed by atoms with Gasteiger partial charge in [0.05, 0.1) is 0 Å². The zero-order valence-corrected chi connectivity index (χ0v) is 20.8. The van der Waals surface area contributed by atoms with E-state index < -0.39 is 0 Å². The van der Waals surface area contributed by atoms with Gasteiger partial charge in [0.25, 0.3) is 0 Å². The molecule has 1 saturated carbocycles. The summed E-state index contributed by atoms with van der Waals surface area (Å²) in [5, 5.41) is 0. The maximum absolute atomic E-state index is 5.75. The molecule has 0 amide bonds. The maximum atomic E-state index is 5.75. The van der Waals surface area contributed by atoms with E-state index in [2.05, 4.69) is 79.8 Å². The molecule has 2 aliphatic rings. The van der Waals surface area contributed by atoms with Crippen molar-refractivity contribution in [2.24, 2.45) is 11.3 Å². The van der Waals surface area contributed by atoms with E-state index in [-0.39, 0.29) is 0 Å². The van der Waals surface area contributed by atoms with Crippen molar-refractivity contribution in [1.29, 1.82) is 0 Å². The summed E-state index contributed by atoms with van der Waals surface area (Å²) in [6.07, 6.45) is 17.1. The van der Waals surface area contributed by atoms with E-state index in [1.165, 1.54) is 61.8 Å². The molecule has 0 bridgehead atoms. The molecule has 2 atom stereocenters.